The van der Waals surface area contributed by atoms with Crippen molar-refractivity contribution in [3.63, 3.8) is 0 Å². The van der Waals surface area contributed by atoms with Crippen molar-refractivity contribution in [2.45, 2.75) is 44.2 Å². The van der Waals surface area contributed by atoms with Crippen molar-refractivity contribution in [1.82, 2.24) is 9.80 Å². The van der Waals surface area contributed by atoms with E-state index in [0.29, 0.717) is 23.6 Å². The fraction of sp³-hybridized carbons (Fsp3) is 1.00. The predicted octanol–water partition coefficient (Wildman–Crippen LogP) is 0.734. The summed E-state index contributed by atoms with van der Waals surface area (Å²) >= 11 is 0. The van der Waals surface area contributed by atoms with E-state index in [1.807, 2.05) is 0 Å². The Kier molecular flexibility index (Phi) is 3.65. The fourth-order valence-corrected chi connectivity index (χ4v) is 5.56. The van der Waals surface area contributed by atoms with Crippen LogP contribution in [0.1, 0.15) is 32.1 Å². The normalized spacial score (nSPS) is 38.2. The number of fused-ring (bicyclic) bond motifs is 1. The van der Waals surface area contributed by atoms with Crippen LogP contribution in [-0.4, -0.2) is 68.0 Å². The zero-order valence-electron chi connectivity index (χ0n) is 11.1. The molecule has 3 saturated heterocycles. The third-order valence-electron chi connectivity index (χ3n) is 4.81. The standard InChI is InChI=1S/C13H24N2O2S/c16-18(17)9-5-13(11-18)15-8-3-7-14-6-2-1-4-12(14)10-15/h12-13H,1-11H2. The van der Waals surface area contributed by atoms with E-state index in [4.69, 9.17) is 0 Å². The third kappa shape index (κ3) is 2.73. The smallest absolute Gasteiger partial charge is 0.151 e. The van der Waals surface area contributed by atoms with E-state index in [-0.39, 0.29) is 0 Å². The molecular weight excluding hydrogens is 248 g/mol. The number of rotatable bonds is 1. The Morgan fingerprint density at radius 2 is 1.61 bits per heavy atom. The van der Waals surface area contributed by atoms with Gasteiger partial charge >= 0.3 is 0 Å². The Balaban J connectivity index is 1.66. The summed E-state index contributed by atoms with van der Waals surface area (Å²) in [6.45, 7) is 4.65. The molecule has 3 aliphatic heterocycles. The van der Waals surface area contributed by atoms with Crippen molar-refractivity contribution >= 4 is 9.84 Å². The van der Waals surface area contributed by atoms with Gasteiger partial charge in [-0.25, -0.2) is 8.42 Å². The second kappa shape index (κ2) is 5.10. The van der Waals surface area contributed by atoms with Gasteiger partial charge in [-0.15, -0.1) is 0 Å². The molecule has 5 heteroatoms. The first-order valence-electron chi connectivity index (χ1n) is 7.32. The zero-order valence-corrected chi connectivity index (χ0v) is 11.9. The molecule has 3 heterocycles. The van der Waals surface area contributed by atoms with E-state index >= 15 is 0 Å². The quantitative estimate of drug-likeness (QED) is 0.706. The van der Waals surface area contributed by atoms with Gasteiger partial charge in [0, 0.05) is 18.6 Å². The number of nitrogens with zero attached hydrogens (tertiary/aromatic N) is 2. The average Bonchev–Trinajstić information content (AvgIpc) is 2.60. The van der Waals surface area contributed by atoms with E-state index in [9.17, 15) is 8.42 Å². The molecule has 3 fully saturated rings. The number of piperidine rings is 1. The van der Waals surface area contributed by atoms with E-state index in [1.54, 1.807) is 0 Å². The molecule has 0 spiro atoms. The second-order valence-corrected chi connectivity index (χ2v) is 8.32. The van der Waals surface area contributed by atoms with E-state index < -0.39 is 9.84 Å². The lowest BCUT2D eigenvalue weighted by Crippen LogP contribution is -2.46. The minimum absolute atomic E-state index is 0.303. The summed E-state index contributed by atoms with van der Waals surface area (Å²) in [4.78, 5) is 5.10. The van der Waals surface area contributed by atoms with Crippen LogP contribution in [0.5, 0.6) is 0 Å². The van der Waals surface area contributed by atoms with Gasteiger partial charge in [0.05, 0.1) is 11.5 Å². The van der Waals surface area contributed by atoms with Crippen LogP contribution in [0.4, 0.5) is 0 Å². The number of hydrogen-bond acceptors (Lipinski definition) is 4. The van der Waals surface area contributed by atoms with Gasteiger partial charge in [0.25, 0.3) is 0 Å². The molecule has 3 rings (SSSR count). The first-order valence-corrected chi connectivity index (χ1v) is 9.15. The van der Waals surface area contributed by atoms with Crippen LogP contribution < -0.4 is 0 Å². The summed E-state index contributed by atoms with van der Waals surface area (Å²) < 4.78 is 23.2. The van der Waals surface area contributed by atoms with Crippen LogP contribution >= 0.6 is 0 Å². The fourth-order valence-electron chi connectivity index (χ4n) is 3.80. The molecule has 2 unspecified atom stereocenters. The highest BCUT2D eigenvalue weighted by Gasteiger charge is 2.35. The van der Waals surface area contributed by atoms with Gasteiger partial charge in [0.2, 0.25) is 0 Å². The highest BCUT2D eigenvalue weighted by molar-refractivity contribution is 7.91. The Morgan fingerprint density at radius 3 is 2.39 bits per heavy atom. The number of sulfone groups is 1. The average molecular weight is 272 g/mol. The molecule has 0 bridgehead atoms. The molecule has 2 atom stereocenters. The van der Waals surface area contributed by atoms with Gasteiger partial charge in [-0.3, -0.25) is 9.80 Å². The maximum Gasteiger partial charge on any atom is 0.151 e. The molecule has 0 radical (unpaired) electrons. The molecular formula is C13H24N2O2S. The molecule has 3 aliphatic rings. The third-order valence-corrected chi connectivity index (χ3v) is 6.56. The van der Waals surface area contributed by atoms with Crippen molar-refractivity contribution in [3.05, 3.63) is 0 Å². The van der Waals surface area contributed by atoms with Gasteiger partial charge in [0.15, 0.2) is 9.84 Å². The lowest BCUT2D eigenvalue weighted by Gasteiger charge is -2.36. The molecule has 0 aliphatic carbocycles. The zero-order chi connectivity index (χ0) is 12.6. The molecule has 104 valence electrons. The van der Waals surface area contributed by atoms with E-state index in [2.05, 4.69) is 9.80 Å². The number of hydrogen-bond donors (Lipinski definition) is 0. The Hall–Kier alpha value is -0.130. The molecule has 18 heavy (non-hydrogen) atoms. The lowest BCUT2D eigenvalue weighted by molar-refractivity contribution is 0.124. The van der Waals surface area contributed by atoms with Crippen molar-refractivity contribution in [2.24, 2.45) is 0 Å². The van der Waals surface area contributed by atoms with Crippen molar-refractivity contribution in [2.75, 3.05) is 37.7 Å². The van der Waals surface area contributed by atoms with Gasteiger partial charge in [-0.1, -0.05) is 6.42 Å². The van der Waals surface area contributed by atoms with Crippen LogP contribution in [0, 0.1) is 0 Å². The van der Waals surface area contributed by atoms with Crippen LogP contribution in [0.15, 0.2) is 0 Å². The first-order chi connectivity index (χ1) is 8.64. The van der Waals surface area contributed by atoms with Crippen molar-refractivity contribution in [3.8, 4) is 0 Å². The summed E-state index contributed by atoms with van der Waals surface area (Å²) in [5, 5.41) is 0. The predicted molar refractivity (Wildman–Crippen MR) is 72.5 cm³/mol. The molecule has 0 N–H and O–H groups in total. The van der Waals surface area contributed by atoms with Gasteiger partial charge in [-0.2, -0.15) is 0 Å². The highest BCUT2D eigenvalue weighted by atomic mass is 32.2. The van der Waals surface area contributed by atoms with Crippen molar-refractivity contribution < 1.29 is 8.42 Å². The summed E-state index contributed by atoms with van der Waals surface area (Å²) in [6.07, 6.45) is 6.05. The molecule has 0 aromatic heterocycles. The maximum absolute atomic E-state index is 11.6. The summed E-state index contributed by atoms with van der Waals surface area (Å²) in [5.41, 5.74) is 0. The van der Waals surface area contributed by atoms with Crippen LogP contribution in [0.25, 0.3) is 0 Å². The molecule has 0 aromatic carbocycles. The Morgan fingerprint density at radius 1 is 0.833 bits per heavy atom. The van der Waals surface area contributed by atoms with Gasteiger partial charge in [0.1, 0.15) is 0 Å². The SMILES string of the molecule is O=S1(=O)CCC(N2CCCN3CCCCC3C2)C1. The van der Waals surface area contributed by atoms with Crippen LogP contribution in [0.3, 0.4) is 0 Å². The largest absolute Gasteiger partial charge is 0.299 e. The van der Waals surface area contributed by atoms with E-state index in [0.717, 1.165) is 19.5 Å². The summed E-state index contributed by atoms with van der Waals surface area (Å²) in [7, 11) is -2.74. The Bertz CT molecular complexity index is 396. The topological polar surface area (TPSA) is 40.6 Å². The Labute approximate surface area is 110 Å². The minimum atomic E-state index is -2.74. The van der Waals surface area contributed by atoms with Crippen LogP contribution in [0.2, 0.25) is 0 Å². The van der Waals surface area contributed by atoms with Crippen LogP contribution in [-0.2, 0) is 9.84 Å². The molecule has 4 nitrogen and oxygen atoms in total. The highest BCUT2D eigenvalue weighted by Crippen LogP contribution is 2.25. The maximum atomic E-state index is 11.6. The minimum Gasteiger partial charge on any atom is -0.299 e. The van der Waals surface area contributed by atoms with E-state index in [1.165, 1.54) is 38.8 Å². The first kappa shape index (κ1) is 12.9. The molecule has 0 amide bonds. The van der Waals surface area contributed by atoms with Crippen molar-refractivity contribution in [1.29, 1.82) is 0 Å². The summed E-state index contributed by atoms with van der Waals surface area (Å²) in [5.74, 6) is 0.808. The molecule has 0 saturated carbocycles. The summed E-state index contributed by atoms with van der Waals surface area (Å²) in [6, 6.07) is 0.987. The monoisotopic (exact) mass is 272 g/mol. The van der Waals surface area contributed by atoms with Gasteiger partial charge < -0.3 is 0 Å². The second-order valence-electron chi connectivity index (χ2n) is 6.09. The lowest BCUT2D eigenvalue weighted by atomic mass is 10.0. The molecule has 0 aromatic rings. The van der Waals surface area contributed by atoms with Gasteiger partial charge in [-0.05, 0) is 45.3 Å².